The van der Waals surface area contributed by atoms with Gasteiger partial charge in [0, 0.05) is 25.5 Å². The Kier molecular flexibility index (Phi) is 5.82. The molecule has 0 saturated carbocycles. The summed E-state index contributed by atoms with van der Waals surface area (Å²) in [6.07, 6.45) is 4.50. The zero-order chi connectivity index (χ0) is 19.4. The van der Waals surface area contributed by atoms with Crippen molar-refractivity contribution in [2.45, 2.75) is 0 Å². The van der Waals surface area contributed by atoms with Gasteiger partial charge in [0.25, 0.3) is 5.91 Å². The van der Waals surface area contributed by atoms with Crippen LogP contribution in [-0.2, 0) is 0 Å². The number of benzene rings is 1. The average molecular weight is 387 g/mol. The molecule has 27 heavy (non-hydrogen) atoms. The van der Waals surface area contributed by atoms with E-state index in [1.165, 1.54) is 29.9 Å². The van der Waals surface area contributed by atoms with E-state index in [4.69, 9.17) is 9.47 Å². The molecular formula is C18H21N5O3S. The van der Waals surface area contributed by atoms with Crippen LogP contribution in [0.15, 0.2) is 30.7 Å². The number of hydrogen-bond acceptors (Lipinski definition) is 8. The summed E-state index contributed by atoms with van der Waals surface area (Å²) in [5, 5.41) is 0.560. The molecule has 0 fully saturated rings. The lowest BCUT2D eigenvalue weighted by Gasteiger charge is -2.21. The fourth-order valence-corrected chi connectivity index (χ4v) is 3.62. The molecule has 0 saturated heterocycles. The zero-order valence-electron chi connectivity index (χ0n) is 15.7. The SMILES string of the molecule is COc1ccc(OC)c2sc(N(CCN(C)C)C(=O)c3cnccn3)nc12. The molecule has 0 aliphatic carbocycles. The minimum Gasteiger partial charge on any atom is -0.495 e. The number of rotatable bonds is 7. The Morgan fingerprint density at radius 2 is 1.85 bits per heavy atom. The van der Waals surface area contributed by atoms with Gasteiger partial charge in [0.2, 0.25) is 0 Å². The number of carbonyl (C=O) groups excluding carboxylic acids is 1. The number of anilines is 1. The molecule has 2 heterocycles. The van der Waals surface area contributed by atoms with E-state index in [2.05, 4.69) is 15.0 Å². The highest BCUT2D eigenvalue weighted by atomic mass is 32.1. The van der Waals surface area contributed by atoms with E-state index in [1.54, 1.807) is 25.2 Å². The Bertz CT molecular complexity index is 888. The van der Waals surface area contributed by atoms with Crippen molar-refractivity contribution in [2.24, 2.45) is 0 Å². The molecule has 1 aromatic carbocycles. The number of thiazole rings is 1. The van der Waals surface area contributed by atoms with Gasteiger partial charge in [-0.15, -0.1) is 0 Å². The molecule has 1 amide bonds. The van der Waals surface area contributed by atoms with Crippen LogP contribution in [0.25, 0.3) is 10.2 Å². The molecule has 0 bridgehead atoms. The molecule has 0 spiro atoms. The lowest BCUT2D eigenvalue weighted by Crippen LogP contribution is -2.37. The highest BCUT2D eigenvalue weighted by molar-refractivity contribution is 7.22. The predicted molar refractivity (Wildman–Crippen MR) is 105 cm³/mol. The van der Waals surface area contributed by atoms with Gasteiger partial charge < -0.3 is 14.4 Å². The van der Waals surface area contributed by atoms with Crippen molar-refractivity contribution in [3.63, 3.8) is 0 Å². The maximum absolute atomic E-state index is 13.1. The van der Waals surface area contributed by atoms with Gasteiger partial charge in [-0.25, -0.2) is 9.97 Å². The lowest BCUT2D eigenvalue weighted by molar-refractivity contribution is 0.0980. The van der Waals surface area contributed by atoms with E-state index in [0.29, 0.717) is 35.2 Å². The minimum atomic E-state index is -0.248. The number of aromatic nitrogens is 3. The van der Waals surface area contributed by atoms with E-state index in [0.717, 1.165) is 4.70 Å². The Morgan fingerprint density at radius 1 is 1.11 bits per heavy atom. The van der Waals surface area contributed by atoms with E-state index in [1.807, 2.05) is 25.1 Å². The molecule has 3 aromatic rings. The molecule has 0 aliphatic rings. The average Bonchev–Trinajstić information content (AvgIpc) is 3.12. The normalized spacial score (nSPS) is 11.0. The summed E-state index contributed by atoms with van der Waals surface area (Å²) in [4.78, 5) is 29.5. The largest absolute Gasteiger partial charge is 0.495 e. The van der Waals surface area contributed by atoms with E-state index >= 15 is 0 Å². The monoisotopic (exact) mass is 387 g/mol. The predicted octanol–water partition coefficient (Wildman–Crippen LogP) is 2.31. The lowest BCUT2D eigenvalue weighted by atomic mass is 10.3. The molecule has 9 heteroatoms. The first-order valence-corrected chi connectivity index (χ1v) is 9.11. The van der Waals surface area contributed by atoms with Crippen molar-refractivity contribution in [1.82, 2.24) is 19.9 Å². The maximum atomic E-state index is 13.1. The molecule has 0 aliphatic heterocycles. The molecule has 0 atom stereocenters. The first kappa shape index (κ1) is 19.0. The quantitative estimate of drug-likeness (QED) is 0.615. The third-order valence-corrected chi connectivity index (χ3v) is 5.02. The van der Waals surface area contributed by atoms with E-state index < -0.39 is 0 Å². The second-order valence-corrected chi connectivity index (χ2v) is 6.97. The van der Waals surface area contributed by atoms with Crippen molar-refractivity contribution >= 4 is 32.6 Å². The van der Waals surface area contributed by atoms with Crippen molar-refractivity contribution < 1.29 is 14.3 Å². The number of likely N-dealkylation sites (N-methyl/N-ethyl adjacent to an activating group) is 1. The van der Waals surface area contributed by atoms with Gasteiger partial charge in [0.15, 0.2) is 5.13 Å². The van der Waals surface area contributed by atoms with Crippen LogP contribution in [0.5, 0.6) is 11.5 Å². The van der Waals surface area contributed by atoms with E-state index in [-0.39, 0.29) is 11.6 Å². The van der Waals surface area contributed by atoms with Crippen LogP contribution in [0.2, 0.25) is 0 Å². The Balaban J connectivity index is 2.07. The minimum absolute atomic E-state index is 0.248. The van der Waals surface area contributed by atoms with Crippen LogP contribution < -0.4 is 14.4 Å². The molecule has 142 valence electrons. The van der Waals surface area contributed by atoms with Gasteiger partial charge in [-0.1, -0.05) is 11.3 Å². The Hall–Kier alpha value is -2.78. The second-order valence-electron chi connectivity index (χ2n) is 5.99. The summed E-state index contributed by atoms with van der Waals surface area (Å²) in [7, 11) is 7.11. The van der Waals surface area contributed by atoms with Gasteiger partial charge in [0.1, 0.15) is 27.4 Å². The van der Waals surface area contributed by atoms with Gasteiger partial charge >= 0.3 is 0 Å². The summed E-state index contributed by atoms with van der Waals surface area (Å²) in [5.41, 5.74) is 0.938. The first-order valence-electron chi connectivity index (χ1n) is 8.29. The molecule has 8 nitrogen and oxygen atoms in total. The number of ether oxygens (including phenoxy) is 2. The van der Waals surface area contributed by atoms with Gasteiger partial charge in [-0.2, -0.15) is 0 Å². The van der Waals surface area contributed by atoms with Gasteiger partial charge in [0.05, 0.1) is 20.4 Å². The molecule has 0 radical (unpaired) electrons. The maximum Gasteiger partial charge on any atom is 0.280 e. The fraction of sp³-hybridized carbons (Fsp3) is 0.333. The number of hydrogen-bond donors (Lipinski definition) is 0. The Morgan fingerprint density at radius 3 is 2.48 bits per heavy atom. The van der Waals surface area contributed by atoms with Crippen LogP contribution in [-0.4, -0.2) is 67.2 Å². The molecule has 0 unspecified atom stereocenters. The van der Waals surface area contributed by atoms with Crippen LogP contribution in [0, 0.1) is 0 Å². The van der Waals surface area contributed by atoms with Crippen LogP contribution >= 0.6 is 11.3 Å². The molecular weight excluding hydrogens is 366 g/mol. The van der Waals surface area contributed by atoms with Crippen molar-refractivity contribution in [3.8, 4) is 11.5 Å². The smallest absolute Gasteiger partial charge is 0.280 e. The van der Waals surface area contributed by atoms with Crippen LogP contribution in [0.3, 0.4) is 0 Å². The number of nitrogens with zero attached hydrogens (tertiary/aromatic N) is 5. The third kappa shape index (κ3) is 3.99. The summed E-state index contributed by atoms with van der Waals surface area (Å²) in [6.45, 7) is 1.14. The highest BCUT2D eigenvalue weighted by Crippen LogP contribution is 2.40. The molecule has 3 rings (SSSR count). The summed E-state index contributed by atoms with van der Waals surface area (Å²) in [5.74, 6) is 1.07. The zero-order valence-corrected chi connectivity index (χ0v) is 16.5. The number of carbonyl (C=O) groups is 1. The van der Waals surface area contributed by atoms with Gasteiger partial charge in [-0.3, -0.25) is 14.7 Å². The summed E-state index contributed by atoms with van der Waals surface area (Å²) < 4.78 is 11.7. The van der Waals surface area contributed by atoms with Crippen LogP contribution in [0.4, 0.5) is 5.13 Å². The Labute approximate surface area is 161 Å². The first-order chi connectivity index (χ1) is 13.0. The summed E-state index contributed by atoms with van der Waals surface area (Å²) in [6, 6.07) is 3.64. The summed E-state index contributed by atoms with van der Waals surface area (Å²) >= 11 is 1.38. The second kappa shape index (κ2) is 8.28. The number of amides is 1. The van der Waals surface area contributed by atoms with E-state index in [9.17, 15) is 4.79 Å². The van der Waals surface area contributed by atoms with Crippen molar-refractivity contribution in [2.75, 3.05) is 46.3 Å². The topological polar surface area (TPSA) is 80.7 Å². The van der Waals surface area contributed by atoms with Gasteiger partial charge in [-0.05, 0) is 26.2 Å². The number of methoxy groups -OCH3 is 2. The molecule has 2 aromatic heterocycles. The standard InChI is InChI=1S/C18H21N5O3S/c1-22(2)9-10-23(17(24)12-11-19-7-8-20-12)18-21-15-13(25-3)5-6-14(26-4)16(15)27-18/h5-8,11H,9-10H2,1-4H3. The molecule has 0 N–H and O–H groups in total. The number of fused-ring (bicyclic) bond motifs is 1. The van der Waals surface area contributed by atoms with Crippen LogP contribution in [0.1, 0.15) is 10.5 Å². The third-order valence-electron chi connectivity index (χ3n) is 3.93. The van der Waals surface area contributed by atoms with Crippen molar-refractivity contribution in [1.29, 1.82) is 0 Å². The highest BCUT2D eigenvalue weighted by Gasteiger charge is 2.24. The van der Waals surface area contributed by atoms with Crippen molar-refractivity contribution in [3.05, 3.63) is 36.4 Å². The fourth-order valence-electron chi connectivity index (χ4n) is 2.52.